The van der Waals surface area contributed by atoms with E-state index in [9.17, 15) is 9.59 Å². The molecule has 100 valence electrons. The van der Waals surface area contributed by atoms with Crippen molar-refractivity contribution in [3.8, 4) is 0 Å². The third-order valence-electron chi connectivity index (χ3n) is 4.69. The topological polar surface area (TPSA) is 43.4 Å². The van der Waals surface area contributed by atoms with Crippen molar-refractivity contribution < 1.29 is 14.3 Å². The van der Waals surface area contributed by atoms with E-state index in [0.717, 1.165) is 30.4 Å². The van der Waals surface area contributed by atoms with Crippen LogP contribution < -0.4 is 0 Å². The maximum Gasteiger partial charge on any atom is 0.315 e. The SMILES string of the molecule is COC(=O)C12CCC(=O)C(C)=C1CC(C)(C)CC2. The molecule has 0 heterocycles. The second-order valence-electron chi connectivity index (χ2n) is 6.44. The molecule has 0 amide bonds. The Morgan fingerprint density at radius 2 is 1.89 bits per heavy atom. The standard InChI is InChI=1S/C15H22O3/c1-10-11-9-14(2,3)7-8-15(11,13(17)18-4)6-5-12(10)16/h5-9H2,1-4H3. The van der Waals surface area contributed by atoms with E-state index in [0.29, 0.717) is 12.8 Å². The molecule has 0 aromatic heterocycles. The van der Waals surface area contributed by atoms with E-state index < -0.39 is 5.41 Å². The van der Waals surface area contributed by atoms with Gasteiger partial charge in [0, 0.05) is 6.42 Å². The minimum Gasteiger partial charge on any atom is -0.468 e. The maximum atomic E-state index is 12.2. The molecule has 0 radical (unpaired) electrons. The van der Waals surface area contributed by atoms with Crippen LogP contribution in [0.15, 0.2) is 11.1 Å². The Balaban J connectivity index is 2.51. The number of hydrogen-bond donors (Lipinski definition) is 0. The summed E-state index contributed by atoms with van der Waals surface area (Å²) in [5, 5.41) is 0. The van der Waals surface area contributed by atoms with Gasteiger partial charge >= 0.3 is 5.97 Å². The van der Waals surface area contributed by atoms with Crippen molar-refractivity contribution in [3.05, 3.63) is 11.1 Å². The monoisotopic (exact) mass is 250 g/mol. The molecule has 0 bridgehead atoms. The number of carbonyl (C=O) groups is 2. The highest BCUT2D eigenvalue weighted by Gasteiger charge is 2.51. The minimum absolute atomic E-state index is 0.153. The normalized spacial score (nSPS) is 31.0. The van der Waals surface area contributed by atoms with E-state index >= 15 is 0 Å². The van der Waals surface area contributed by atoms with Crippen LogP contribution >= 0.6 is 0 Å². The largest absolute Gasteiger partial charge is 0.468 e. The number of hydrogen-bond acceptors (Lipinski definition) is 3. The van der Waals surface area contributed by atoms with Gasteiger partial charge in [0.2, 0.25) is 0 Å². The van der Waals surface area contributed by atoms with E-state index in [1.165, 1.54) is 7.11 Å². The van der Waals surface area contributed by atoms with E-state index in [1.54, 1.807) is 0 Å². The molecule has 1 saturated carbocycles. The Kier molecular flexibility index (Phi) is 3.12. The number of Topliss-reactive ketones (excluding diaryl/α,β-unsaturated/α-hetero) is 1. The summed E-state index contributed by atoms with van der Waals surface area (Å²) in [6.45, 7) is 6.27. The molecular formula is C15H22O3. The van der Waals surface area contributed by atoms with Crippen LogP contribution in [0.4, 0.5) is 0 Å². The lowest BCUT2D eigenvalue weighted by atomic mass is 9.57. The molecule has 1 atom stereocenters. The van der Waals surface area contributed by atoms with Gasteiger partial charge in [0.05, 0.1) is 12.5 Å². The fourth-order valence-electron chi connectivity index (χ4n) is 3.41. The second-order valence-corrected chi connectivity index (χ2v) is 6.44. The molecule has 0 aliphatic heterocycles. The average Bonchev–Trinajstić information content (AvgIpc) is 2.33. The van der Waals surface area contributed by atoms with Gasteiger partial charge in [0.25, 0.3) is 0 Å². The number of rotatable bonds is 1. The van der Waals surface area contributed by atoms with Crippen LogP contribution in [0.2, 0.25) is 0 Å². The second kappa shape index (κ2) is 4.22. The van der Waals surface area contributed by atoms with Crippen LogP contribution in [0.1, 0.15) is 52.9 Å². The molecule has 2 rings (SSSR count). The van der Waals surface area contributed by atoms with Crippen LogP contribution in [0.3, 0.4) is 0 Å². The van der Waals surface area contributed by atoms with Gasteiger partial charge < -0.3 is 4.74 Å². The summed E-state index contributed by atoms with van der Waals surface area (Å²) < 4.78 is 5.02. The van der Waals surface area contributed by atoms with Crippen molar-refractivity contribution in [2.75, 3.05) is 7.11 Å². The van der Waals surface area contributed by atoms with Crippen LogP contribution in [0.5, 0.6) is 0 Å². The van der Waals surface area contributed by atoms with Crippen molar-refractivity contribution in [3.63, 3.8) is 0 Å². The molecule has 3 nitrogen and oxygen atoms in total. The van der Waals surface area contributed by atoms with Gasteiger partial charge in [-0.2, -0.15) is 0 Å². The third kappa shape index (κ3) is 1.90. The fraction of sp³-hybridized carbons (Fsp3) is 0.733. The Morgan fingerprint density at radius 3 is 2.50 bits per heavy atom. The predicted octanol–water partition coefficient (Wildman–Crippen LogP) is 3.04. The number of methoxy groups -OCH3 is 1. The highest BCUT2D eigenvalue weighted by Crippen LogP contribution is 2.54. The zero-order chi connectivity index (χ0) is 13.6. The lowest BCUT2D eigenvalue weighted by molar-refractivity contribution is -0.153. The fourth-order valence-corrected chi connectivity index (χ4v) is 3.41. The highest BCUT2D eigenvalue weighted by atomic mass is 16.5. The summed E-state index contributed by atoms with van der Waals surface area (Å²) in [7, 11) is 1.44. The van der Waals surface area contributed by atoms with E-state index in [-0.39, 0.29) is 17.2 Å². The van der Waals surface area contributed by atoms with Crippen LogP contribution in [0.25, 0.3) is 0 Å². The third-order valence-corrected chi connectivity index (χ3v) is 4.69. The molecule has 2 aliphatic rings. The number of ether oxygens (including phenoxy) is 1. The molecule has 0 aromatic rings. The average molecular weight is 250 g/mol. The van der Waals surface area contributed by atoms with Gasteiger partial charge in [-0.15, -0.1) is 0 Å². The predicted molar refractivity (Wildman–Crippen MR) is 69.0 cm³/mol. The van der Waals surface area contributed by atoms with Gasteiger partial charge in [-0.05, 0) is 49.2 Å². The number of esters is 1. The number of allylic oxidation sites excluding steroid dienone is 1. The van der Waals surface area contributed by atoms with Gasteiger partial charge in [0.15, 0.2) is 5.78 Å². The summed E-state index contributed by atoms with van der Waals surface area (Å²) >= 11 is 0. The van der Waals surface area contributed by atoms with Gasteiger partial charge in [-0.1, -0.05) is 13.8 Å². The Bertz CT molecular complexity index is 431. The molecular weight excluding hydrogens is 228 g/mol. The molecule has 0 spiro atoms. The first kappa shape index (κ1) is 13.3. The zero-order valence-corrected chi connectivity index (χ0v) is 11.8. The highest BCUT2D eigenvalue weighted by molar-refractivity contribution is 5.99. The van der Waals surface area contributed by atoms with Crippen molar-refractivity contribution >= 4 is 11.8 Å². The summed E-state index contributed by atoms with van der Waals surface area (Å²) in [4.78, 5) is 24.1. The Morgan fingerprint density at radius 1 is 1.22 bits per heavy atom. The summed E-state index contributed by atoms with van der Waals surface area (Å²) in [6.07, 6.45) is 3.76. The van der Waals surface area contributed by atoms with Crippen molar-refractivity contribution in [2.45, 2.75) is 52.9 Å². The first-order valence-electron chi connectivity index (χ1n) is 6.64. The minimum atomic E-state index is -0.512. The van der Waals surface area contributed by atoms with Crippen LogP contribution in [-0.4, -0.2) is 18.9 Å². The lowest BCUT2D eigenvalue weighted by Gasteiger charge is -2.46. The van der Waals surface area contributed by atoms with Crippen molar-refractivity contribution in [2.24, 2.45) is 10.8 Å². The molecule has 0 aromatic carbocycles. The molecule has 3 heteroatoms. The summed E-state index contributed by atoms with van der Waals surface area (Å²) in [5.74, 6) is 0.0436. The molecule has 18 heavy (non-hydrogen) atoms. The number of ketones is 1. The number of carbonyl (C=O) groups excluding carboxylic acids is 2. The van der Waals surface area contributed by atoms with E-state index in [1.807, 2.05) is 6.92 Å². The molecule has 0 saturated heterocycles. The first-order chi connectivity index (χ1) is 8.32. The quantitative estimate of drug-likeness (QED) is 0.672. The van der Waals surface area contributed by atoms with Gasteiger partial charge in [0.1, 0.15) is 0 Å². The molecule has 1 fully saturated rings. The molecule has 1 unspecified atom stereocenters. The van der Waals surface area contributed by atoms with Crippen molar-refractivity contribution in [1.82, 2.24) is 0 Å². The first-order valence-corrected chi connectivity index (χ1v) is 6.64. The Labute approximate surface area is 109 Å². The van der Waals surface area contributed by atoms with Crippen LogP contribution in [0, 0.1) is 10.8 Å². The van der Waals surface area contributed by atoms with Crippen LogP contribution in [-0.2, 0) is 14.3 Å². The van der Waals surface area contributed by atoms with Crippen molar-refractivity contribution in [1.29, 1.82) is 0 Å². The number of fused-ring (bicyclic) bond motifs is 1. The van der Waals surface area contributed by atoms with E-state index in [4.69, 9.17) is 4.74 Å². The smallest absolute Gasteiger partial charge is 0.315 e. The lowest BCUT2D eigenvalue weighted by Crippen LogP contribution is -2.44. The maximum absolute atomic E-state index is 12.2. The summed E-state index contributed by atoms with van der Waals surface area (Å²) in [5.41, 5.74) is 1.51. The molecule has 0 N–H and O–H groups in total. The van der Waals surface area contributed by atoms with E-state index in [2.05, 4.69) is 13.8 Å². The summed E-state index contributed by atoms with van der Waals surface area (Å²) in [6, 6.07) is 0. The zero-order valence-electron chi connectivity index (χ0n) is 11.8. The van der Waals surface area contributed by atoms with Gasteiger partial charge in [-0.3, -0.25) is 9.59 Å². The molecule has 2 aliphatic carbocycles. The van der Waals surface area contributed by atoms with Gasteiger partial charge in [-0.25, -0.2) is 0 Å². The Hall–Kier alpha value is -1.12.